The van der Waals surface area contributed by atoms with Crippen LogP contribution in [-0.2, 0) is 24.1 Å². The van der Waals surface area contributed by atoms with Crippen LogP contribution in [0.2, 0.25) is 0 Å². The molecular formula is C26H34N2O5. The van der Waals surface area contributed by atoms with Crippen molar-refractivity contribution < 1.29 is 24.1 Å². The molecule has 1 aliphatic carbocycles. The number of ether oxygens (including phenoxy) is 3. The molecule has 7 heteroatoms. The summed E-state index contributed by atoms with van der Waals surface area (Å²) < 4.78 is 16.1. The molecule has 4 rings (SSSR count). The molecular weight excluding hydrogens is 420 g/mol. The number of methoxy groups -OCH3 is 3. The molecule has 7 nitrogen and oxygen atoms in total. The maximum absolute atomic E-state index is 12.8. The summed E-state index contributed by atoms with van der Waals surface area (Å²) in [6.45, 7) is 3.36. The van der Waals surface area contributed by atoms with Crippen LogP contribution >= 0.6 is 0 Å². The van der Waals surface area contributed by atoms with Gasteiger partial charge in [-0.1, -0.05) is 0 Å². The lowest BCUT2D eigenvalue weighted by Crippen LogP contribution is -2.36. The van der Waals surface area contributed by atoms with Gasteiger partial charge in [-0.05, 0) is 79.4 Å². The van der Waals surface area contributed by atoms with Crippen LogP contribution in [0.5, 0.6) is 23.0 Å². The van der Waals surface area contributed by atoms with Gasteiger partial charge in [0, 0.05) is 25.6 Å². The summed E-state index contributed by atoms with van der Waals surface area (Å²) in [4.78, 5) is 17.1. The van der Waals surface area contributed by atoms with Crippen LogP contribution in [0.4, 0.5) is 0 Å². The van der Waals surface area contributed by atoms with Crippen LogP contribution in [0.1, 0.15) is 34.6 Å². The lowest BCUT2D eigenvalue weighted by Gasteiger charge is -2.34. The van der Waals surface area contributed by atoms with E-state index >= 15 is 0 Å². The maximum atomic E-state index is 12.8. The van der Waals surface area contributed by atoms with Gasteiger partial charge < -0.3 is 29.1 Å². The average Bonchev–Trinajstić information content (AvgIpc) is 2.94. The Kier molecular flexibility index (Phi) is 6.98. The second kappa shape index (κ2) is 9.91. The zero-order valence-electron chi connectivity index (χ0n) is 20.0. The molecule has 1 unspecified atom stereocenters. The third kappa shape index (κ3) is 4.88. The zero-order valence-corrected chi connectivity index (χ0v) is 20.0. The molecule has 0 saturated carbocycles. The molecule has 2 aliphatic rings. The van der Waals surface area contributed by atoms with E-state index in [0.717, 1.165) is 61.5 Å². The largest absolute Gasteiger partial charge is 0.504 e. The molecule has 1 heterocycles. The van der Waals surface area contributed by atoms with Gasteiger partial charge in [0.15, 0.2) is 23.0 Å². The predicted octanol–water partition coefficient (Wildman–Crippen LogP) is 3.01. The molecule has 33 heavy (non-hydrogen) atoms. The fraction of sp³-hybridized carbons (Fsp3) is 0.500. The predicted molar refractivity (Wildman–Crippen MR) is 127 cm³/mol. The normalized spacial score (nSPS) is 17.2. The summed E-state index contributed by atoms with van der Waals surface area (Å²) in [5.74, 6) is 2.76. The molecule has 0 fully saturated rings. The average molecular weight is 455 g/mol. The van der Waals surface area contributed by atoms with Crippen LogP contribution in [0, 0.1) is 0 Å². The Hall–Kier alpha value is -2.93. The smallest absolute Gasteiger partial charge is 0.227 e. The third-order valence-electron chi connectivity index (χ3n) is 6.90. The molecule has 2 aromatic rings. The van der Waals surface area contributed by atoms with Gasteiger partial charge in [-0.25, -0.2) is 0 Å². The van der Waals surface area contributed by atoms with Crippen molar-refractivity contribution in [2.75, 3.05) is 54.6 Å². The molecule has 0 radical (unpaired) electrons. The van der Waals surface area contributed by atoms with Crippen molar-refractivity contribution in [2.24, 2.45) is 0 Å². The topological polar surface area (TPSA) is 71.5 Å². The van der Waals surface area contributed by atoms with Crippen LogP contribution < -0.4 is 14.2 Å². The number of carbonyl (C=O) groups excluding carboxylic acids is 1. The Morgan fingerprint density at radius 3 is 2.42 bits per heavy atom. The van der Waals surface area contributed by atoms with Gasteiger partial charge in [-0.3, -0.25) is 4.79 Å². The first-order valence-electron chi connectivity index (χ1n) is 11.5. The number of phenols is 1. The fourth-order valence-electron chi connectivity index (χ4n) is 5.01. The Labute approximate surface area is 195 Å². The fourth-order valence-corrected chi connectivity index (χ4v) is 5.01. The number of carbonyl (C=O) groups is 1. The van der Waals surface area contributed by atoms with Crippen LogP contribution in [-0.4, -0.2) is 75.4 Å². The van der Waals surface area contributed by atoms with Crippen molar-refractivity contribution in [1.82, 2.24) is 9.80 Å². The van der Waals surface area contributed by atoms with E-state index in [0.29, 0.717) is 24.6 Å². The van der Waals surface area contributed by atoms with Crippen molar-refractivity contribution in [3.05, 3.63) is 46.5 Å². The number of hydrogen-bond donors (Lipinski definition) is 1. The van der Waals surface area contributed by atoms with Crippen molar-refractivity contribution >= 4 is 5.91 Å². The van der Waals surface area contributed by atoms with Crippen molar-refractivity contribution in [3.8, 4) is 23.0 Å². The van der Waals surface area contributed by atoms with Gasteiger partial charge in [0.1, 0.15) is 0 Å². The molecule has 0 spiro atoms. The summed E-state index contributed by atoms with van der Waals surface area (Å²) in [5, 5.41) is 10.1. The molecule has 178 valence electrons. The van der Waals surface area contributed by atoms with E-state index in [4.69, 9.17) is 14.2 Å². The van der Waals surface area contributed by atoms with Crippen LogP contribution in [0.25, 0.3) is 0 Å². The zero-order chi connectivity index (χ0) is 23.5. The number of likely N-dealkylation sites (N-methyl/N-ethyl adjacent to an activating group) is 1. The van der Waals surface area contributed by atoms with Crippen LogP contribution in [0.15, 0.2) is 24.3 Å². The number of nitrogens with zero attached hydrogens (tertiary/aromatic N) is 2. The number of rotatable bonds is 9. The Balaban J connectivity index is 1.27. The maximum Gasteiger partial charge on any atom is 0.227 e. The molecule has 0 saturated heterocycles. The molecule has 2 aromatic carbocycles. The number of phenolic OH excluding ortho intramolecular Hbond substituents is 1. The first-order valence-corrected chi connectivity index (χ1v) is 11.5. The van der Waals surface area contributed by atoms with E-state index in [9.17, 15) is 9.90 Å². The van der Waals surface area contributed by atoms with E-state index in [1.807, 2.05) is 11.0 Å². The van der Waals surface area contributed by atoms with Gasteiger partial charge in [0.05, 0.1) is 27.8 Å². The Morgan fingerprint density at radius 2 is 1.70 bits per heavy atom. The van der Waals surface area contributed by atoms with Crippen molar-refractivity contribution in [1.29, 1.82) is 0 Å². The SMILES string of the molecule is COc1cc2c(cc1O)CC(=O)N(CCCN(C)CC1Cc3cc(OC)c(OC)cc31)CC2. The second-order valence-corrected chi connectivity index (χ2v) is 9.02. The summed E-state index contributed by atoms with van der Waals surface area (Å²) in [5.41, 5.74) is 4.66. The minimum Gasteiger partial charge on any atom is -0.504 e. The van der Waals surface area contributed by atoms with Gasteiger partial charge in [0.2, 0.25) is 5.91 Å². The molecule has 1 N–H and O–H groups in total. The van der Waals surface area contributed by atoms with Crippen molar-refractivity contribution in [3.63, 3.8) is 0 Å². The monoisotopic (exact) mass is 454 g/mol. The summed E-state index contributed by atoms with van der Waals surface area (Å²) in [6, 6.07) is 7.72. The molecule has 0 aromatic heterocycles. The summed E-state index contributed by atoms with van der Waals surface area (Å²) in [7, 11) is 7.03. The Morgan fingerprint density at radius 1 is 1.00 bits per heavy atom. The third-order valence-corrected chi connectivity index (χ3v) is 6.90. The standard InChI is InChI=1S/C26H34N2O5/c1-27(16-20-10-19-13-24(32-3)25(33-4)15-21(19)20)7-5-8-28-9-6-17-12-23(31-2)22(29)11-18(17)14-26(28)30/h11-13,15,20,29H,5-10,14,16H2,1-4H3. The highest BCUT2D eigenvalue weighted by molar-refractivity contribution is 5.80. The minimum absolute atomic E-state index is 0.0905. The lowest BCUT2D eigenvalue weighted by atomic mass is 9.77. The van der Waals surface area contributed by atoms with E-state index in [-0.39, 0.29) is 11.7 Å². The lowest BCUT2D eigenvalue weighted by molar-refractivity contribution is -0.130. The highest BCUT2D eigenvalue weighted by atomic mass is 16.5. The molecule has 1 amide bonds. The highest BCUT2D eigenvalue weighted by Gasteiger charge is 2.29. The number of aromatic hydroxyl groups is 1. The van der Waals surface area contributed by atoms with Gasteiger partial charge in [-0.15, -0.1) is 0 Å². The van der Waals surface area contributed by atoms with Crippen LogP contribution in [0.3, 0.4) is 0 Å². The number of hydrogen-bond acceptors (Lipinski definition) is 6. The van der Waals surface area contributed by atoms with Gasteiger partial charge in [0.25, 0.3) is 0 Å². The first-order chi connectivity index (χ1) is 15.9. The number of benzene rings is 2. The van der Waals surface area contributed by atoms with E-state index in [1.54, 1.807) is 27.4 Å². The summed E-state index contributed by atoms with van der Waals surface area (Å²) >= 11 is 0. The molecule has 0 bridgehead atoms. The highest BCUT2D eigenvalue weighted by Crippen LogP contribution is 2.42. The number of fused-ring (bicyclic) bond motifs is 2. The molecule has 1 atom stereocenters. The van der Waals surface area contributed by atoms with E-state index in [2.05, 4.69) is 24.1 Å². The molecule has 1 aliphatic heterocycles. The van der Waals surface area contributed by atoms with E-state index in [1.165, 1.54) is 11.1 Å². The quantitative estimate of drug-likeness (QED) is 0.628. The van der Waals surface area contributed by atoms with E-state index < -0.39 is 0 Å². The van der Waals surface area contributed by atoms with Gasteiger partial charge >= 0.3 is 0 Å². The summed E-state index contributed by atoms with van der Waals surface area (Å²) in [6.07, 6.45) is 3.09. The second-order valence-electron chi connectivity index (χ2n) is 9.02. The first kappa shape index (κ1) is 23.2. The minimum atomic E-state index is 0.0905. The van der Waals surface area contributed by atoms with Gasteiger partial charge in [-0.2, -0.15) is 0 Å². The van der Waals surface area contributed by atoms with Crippen molar-refractivity contribution in [2.45, 2.75) is 31.6 Å². The Bertz CT molecular complexity index is 1020. The number of amides is 1.